The van der Waals surface area contributed by atoms with Crippen molar-refractivity contribution in [3.63, 3.8) is 0 Å². The maximum absolute atomic E-state index is 13.9. The molecule has 0 saturated heterocycles. The van der Waals surface area contributed by atoms with Crippen molar-refractivity contribution in [2.45, 2.75) is 26.4 Å². The van der Waals surface area contributed by atoms with Crippen molar-refractivity contribution in [1.82, 2.24) is 9.97 Å². The Balaban J connectivity index is 2.79. The van der Waals surface area contributed by atoms with Crippen molar-refractivity contribution in [1.29, 1.82) is 0 Å². The molecular weight excluding hydrogens is 223 g/mol. The van der Waals surface area contributed by atoms with Gasteiger partial charge in [0.05, 0.1) is 11.6 Å². The lowest BCUT2D eigenvalue weighted by Gasteiger charge is -2.08. The normalized spacial score (nSPS) is 12.9. The highest BCUT2D eigenvalue weighted by Crippen LogP contribution is 2.20. The van der Waals surface area contributed by atoms with E-state index in [1.807, 2.05) is 6.92 Å². The molecule has 2 heterocycles. The molecule has 2 N–H and O–H groups in total. The molecule has 17 heavy (non-hydrogen) atoms. The summed E-state index contributed by atoms with van der Waals surface area (Å²) >= 11 is 0. The lowest BCUT2D eigenvalue weighted by molar-refractivity contribution is 0.189. The van der Waals surface area contributed by atoms with Gasteiger partial charge in [0.15, 0.2) is 5.82 Å². The number of nitrogens with one attached hydrogen (secondary N) is 1. The highest BCUT2D eigenvalue weighted by Gasteiger charge is 2.14. The van der Waals surface area contributed by atoms with Gasteiger partial charge in [-0.3, -0.25) is 9.78 Å². The second kappa shape index (κ2) is 4.25. The molecule has 2 aromatic rings. The van der Waals surface area contributed by atoms with E-state index in [0.717, 1.165) is 0 Å². The van der Waals surface area contributed by atoms with Gasteiger partial charge in [-0.25, -0.2) is 4.39 Å². The van der Waals surface area contributed by atoms with Crippen molar-refractivity contribution < 1.29 is 9.50 Å². The predicted octanol–water partition coefficient (Wildman–Crippen LogP) is 1.68. The lowest BCUT2D eigenvalue weighted by atomic mass is 10.1. The molecule has 0 bridgehead atoms. The number of fused-ring (bicyclic) bond motifs is 1. The molecule has 0 aliphatic carbocycles. The van der Waals surface area contributed by atoms with Gasteiger partial charge in [-0.15, -0.1) is 0 Å². The molecular formula is C12H13FN2O2. The van der Waals surface area contributed by atoms with Gasteiger partial charge in [0, 0.05) is 17.1 Å². The van der Waals surface area contributed by atoms with Gasteiger partial charge in [-0.1, -0.05) is 6.92 Å². The first-order valence-corrected chi connectivity index (χ1v) is 5.43. The first-order chi connectivity index (χ1) is 8.04. The van der Waals surface area contributed by atoms with Crippen LogP contribution in [0.4, 0.5) is 4.39 Å². The molecule has 0 radical (unpaired) electrons. The van der Waals surface area contributed by atoms with Crippen molar-refractivity contribution in [2.24, 2.45) is 0 Å². The van der Waals surface area contributed by atoms with Gasteiger partial charge in [-0.2, -0.15) is 0 Å². The summed E-state index contributed by atoms with van der Waals surface area (Å²) in [5, 5.41) is 9.87. The van der Waals surface area contributed by atoms with E-state index >= 15 is 0 Å². The standard InChI is InChI=1S/C12H13FN2O2/c1-3-7-4-8-5-14-10(6(2)16)9(13)11(8)15-12(7)17/h4-6,16H,3H2,1-2H3,(H,15,17). The Kier molecular flexibility index (Phi) is 2.93. The SMILES string of the molecule is CCc1cc2cnc(C(C)O)c(F)c2[nH]c1=O. The summed E-state index contributed by atoms with van der Waals surface area (Å²) in [5.74, 6) is -0.669. The Morgan fingerprint density at radius 1 is 1.59 bits per heavy atom. The number of pyridine rings is 2. The number of hydrogen-bond donors (Lipinski definition) is 2. The zero-order valence-electron chi connectivity index (χ0n) is 9.62. The molecule has 0 fully saturated rings. The van der Waals surface area contributed by atoms with Crippen LogP contribution < -0.4 is 5.56 Å². The van der Waals surface area contributed by atoms with Gasteiger partial charge in [0.25, 0.3) is 5.56 Å². The Labute approximate surface area is 97.1 Å². The monoisotopic (exact) mass is 236 g/mol. The van der Waals surface area contributed by atoms with E-state index in [1.165, 1.54) is 13.1 Å². The van der Waals surface area contributed by atoms with Crippen LogP contribution in [0.2, 0.25) is 0 Å². The zero-order valence-corrected chi connectivity index (χ0v) is 9.62. The molecule has 0 spiro atoms. The van der Waals surface area contributed by atoms with Crippen LogP contribution in [0.25, 0.3) is 10.9 Å². The van der Waals surface area contributed by atoms with Crippen LogP contribution in [-0.4, -0.2) is 15.1 Å². The fourth-order valence-electron chi connectivity index (χ4n) is 1.75. The number of hydrogen-bond acceptors (Lipinski definition) is 3. The van der Waals surface area contributed by atoms with Crippen LogP contribution in [0.3, 0.4) is 0 Å². The van der Waals surface area contributed by atoms with Crippen molar-refractivity contribution in [3.8, 4) is 0 Å². The van der Waals surface area contributed by atoms with E-state index in [4.69, 9.17) is 0 Å². The molecule has 0 aliphatic rings. The van der Waals surface area contributed by atoms with Crippen LogP contribution >= 0.6 is 0 Å². The summed E-state index contributed by atoms with van der Waals surface area (Å²) in [5.41, 5.74) is 0.320. The second-order valence-corrected chi connectivity index (χ2v) is 3.94. The maximum Gasteiger partial charge on any atom is 0.251 e. The van der Waals surface area contributed by atoms with Gasteiger partial charge >= 0.3 is 0 Å². The largest absolute Gasteiger partial charge is 0.387 e. The minimum atomic E-state index is -1.01. The van der Waals surface area contributed by atoms with Gasteiger partial charge < -0.3 is 10.1 Å². The Morgan fingerprint density at radius 2 is 2.29 bits per heavy atom. The fourth-order valence-corrected chi connectivity index (χ4v) is 1.75. The van der Waals surface area contributed by atoms with Gasteiger partial charge in [0.1, 0.15) is 5.69 Å². The smallest absolute Gasteiger partial charge is 0.251 e. The highest BCUT2D eigenvalue weighted by molar-refractivity contribution is 5.79. The summed E-state index contributed by atoms with van der Waals surface area (Å²) in [6.45, 7) is 3.28. The zero-order chi connectivity index (χ0) is 12.6. The number of halogens is 1. The molecule has 0 saturated carbocycles. The number of nitrogens with zero attached hydrogens (tertiary/aromatic N) is 1. The number of aryl methyl sites for hydroxylation is 1. The van der Waals surface area contributed by atoms with E-state index in [0.29, 0.717) is 17.4 Å². The predicted molar refractivity (Wildman–Crippen MR) is 62.3 cm³/mol. The van der Waals surface area contributed by atoms with Gasteiger partial charge in [-0.05, 0) is 19.4 Å². The third-order valence-corrected chi connectivity index (χ3v) is 2.71. The van der Waals surface area contributed by atoms with Crippen molar-refractivity contribution in [2.75, 3.05) is 0 Å². The van der Waals surface area contributed by atoms with E-state index in [2.05, 4.69) is 9.97 Å². The Hall–Kier alpha value is -1.75. The molecule has 0 aromatic carbocycles. The highest BCUT2D eigenvalue weighted by atomic mass is 19.1. The molecule has 1 atom stereocenters. The average Bonchev–Trinajstić information content (AvgIpc) is 2.29. The maximum atomic E-state index is 13.9. The molecule has 4 nitrogen and oxygen atoms in total. The summed E-state index contributed by atoms with van der Waals surface area (Å²) in [6, 6.07) is 1.62. The number of rotatable bonds is 2. The van der Waals surface area contributed by atoms with Crippen LogP contribution in [0.1, 0.15) is 31.2 Å². The first kappa shape index (κ1) is 11.7. The summed E-state index contributed by atoms with van der Waals surface area (Å²) < 4.78 is 13.9. The number of aromatic nitrogens is 2. The molecule has 5 heteroatoms. The third kappa shape index (κ3) is 1.93. The van der Waals surface area contributed by atoms with Crippen LogP contribution in [0.5, 0.6) is 0 Å². The molecule has 90 valence electrons. The van der Waals surface area contributed by atoms with Crippen LogP contribution in [0.15, 0.2) is 17.1 Å². The molecule has 2 rings (SSSR count). The Bertz CT molecular complexity index is 620. The van der Waals surface area contributed by atoms with E-state index in [9.17, 15) is 14.3 Å². The number of aliphatic hydroxyl groups excluding tert-OH is 1. The molecule has 1 unspecified atom stereocenters. The number of H-pyrrole nitrogens is 1. The average molecular weight is 236 g/mol. The number of aliphatic hydroxyl groups is 1. The summed E-state index contributed by atoms with van der Waals surface area (Å²) in [6.07, 6.45) is 1.02. The minimum absolute atomic E-state index is 0.0580. The molecule has 0 aliphatic heterocycles. The van der Waals surface area contributed by atoms with Crippen molar-refractivity contribution in [3.05, 3.63) is 39.7 Å². The lowest BCUT2D eigenvalue weighted by Crippen LogP contribution is -2.13. The third-order valence-electron chi connectivity index (χ3n) is 2.71. The van der Waals surface area contributed by atoms with Gasteiger partial charge in [0.2, 0.25) is 0 Å². The van der Waals surface area contributed by atoms with Crippen LogP contribution in [-0.2, 0) is 6.42 Å². The first-order valence-electron chi connectivity index (χ1n) is 5.43. The van der Waals surface area contributed by atoms with E-state index < -0.39 is 11.9 Å². The number of aromatic amines is 1. The summed E-state index contributed by atoms with van der Waals surface area (Å²) in [4.78, 5) is 17.9. The van der Waals surface area contributed by atoms with E-state index in [-0.39, 0.29) is 16.8 Å². The molecule has 2 aromatic heterocycles. The topological polar surface area (TPSA) is 66.0 Å². The molecule has 0 amide bonds. The fraction of sp³-hybridized carbons (Fsp3) is 0.333. The van der Waals surface area contributed by atoms with Crippen LogP contribution in [0, 0.1) is 5.82 Å². The van der Waals surface area contributed by atoms with E-state index in [1.54, 1.807) is 6.07 Å². The minimum Gasteiger partial charge on any atom is -0.387 e. The van der Waals surface area contributed by atoms with Crippen molar-refractivity contribution >= 4 is 10.9 Å². The quantitative estimate of drug-likeness (QED) is 0.833. The second-order valence-electron chi connectivity index (χ2n) is 3.94. The summed E-state index contributed by atoms with van der Waals surface area (Å²) in [7, 11) is 0. The Morgan fingerprint density at radius 3 is 2.88 bits per heavy atom.